The zero-order valence-electron chi connectivity index (χ0n) is 16.6. The molecule has 0 amide bonds. The Kier molecular flexibility index (Phi) is 7.24. The van der Waals surface area contributed by atoms with Crippen molar-refractivity contribution in [3.05, 3.63) is 72.4 Å². The molecule has 0 atom stereocenters. The maximum Gasteiger partial charge on any atom is 0.227 e. The smallest absolute Gasteiger partial charge is 0.227 e. The van der Waals surface area contributed by atoms with E-state index in [9.17, 15) is 0 Å². The lowest BCUT2D eigenvalue weighted by Crippen LogP contribution is -2.26. The summed E-state index contributed by atoms with van der Waals surface area (Å²) in [6.07, 6.45) is 3.96. The third-order valence-electron chi connectivity index (χ3n) is 4.29. The van der Waals surface area contributed by atoms with Crippen molar-refractivity contribution in [1.82, 2.24) is 9.97 Å². The Morgan fingerprint density at radius 2 is 1.61 bits per heavy atom. The predicted molar refractivity (Wildman–Crippen MR) is 115 cm³/mol. The molecule has 0 saturated heterocycles. The van der Waals surface area contributed by atoms with E-state index in [1.54, 1.807) is 6.20 Å². The summed E-state index contributed by atoms with van der Waals surface area (Å²) in [7, 11) is 0. The average molecular weight is 377 g/mol. The molecule has 2 aromatic carbocycles. The number of hydrogen-bond donors (Lipinski definition) is 1. The minimum Gasteiger partial charge on any atom is -0.489 e. The largest absolute Gasteiger partial charge is 0.489 e. The second-order valence-corrected chi connectivity index (χ2v) is 6.65. The summed E-state index contributed by atoms with van der Waals surface area (Å²) in [5, 5.41) is 3.35. The summed E-state index contributed by atoms with van der Waals surface area (Å²) in [6.45, 7) is 6.83. The van der Waals surface area contributed by atoms with E-state index in [2.05, 4.69) is 46.2 Å². The number of aromatic nitrogens is 2. The number of benzene rings is 2. The van der Waals surface area contributed by atoms with Crippen LogP contribution in [0.1, 0.15) is 32.3 Å². The second kappa shape index (κ2) is 10.3. The van der Waals surface area contributed by atoms with E-state index in [4.69, 9.17) is 4.74 Å². The quantitative estimate of drug-likeness (QED) is 0.511. The first-order chi connectivity index (χ1) is 13.8. The van der Waals surface area contributed by atoms with E-state index in [0.29, 0.717) is 6.61 Å². The first-order valence-electron chi connectivity index (χ1n) is 9.90. The molecule has 0 saturated carbocycles. The number of ether oxygens (including phenoxy) is 1. The van der Waals surface area contributed by atoms with E-state index < -0.39 is 0 Å². The molecule has 5 nitrogen and oxygen atoms in total. The molecule has 0 bridgehead atoms. The van der Waals surface area contributed by atoms with Crippen LogP contribution in [-0.4, -0.2) is 23.1 Å². The van der Waals surface area contributed by atoms with Crippen molar-refractivity contribution in [2.24, 2.45) is 0 Å². The van der Waals surface area contributed by atoms with Gasteiger partial charge < -0.3 is 15.0 Å². The minimum atomic E-state index is 0.563. The maximum atomic E-state index is 5.84. The molecule has 0 aliphatic heterocycles. The standard InChI is InChI=1S/C23H28N4O/c1-3-16-27(17-4-2)23-24-15-14-22(26-23)25-20-10-12-21(13-11-20)28-18-19-8-6-5-7-9-19/h5-15H,3-4,16-18H2,1-2H3,(H,24,25,26). The molecule has 0 fully saturated rings. The van der Waals surface area contributed by atoms with Gasteiger partial charge >= 0.3 is 0 Å². The number of nitrogens with zero attached hydrogens (tertiary/aromatic N) is 3. The van der Waals surface area contributed by atoms with Crippen LogP contribution in [0, 0.1) is 0 Å². The van der Waals surface area contributed by atoms with Crippen LogP contribution in [0.3, 0.4) is 0 Å². The van der Waals surface area contributed by atoms with Gasteiger partial charge in [0.15, 0.2) is 0 Å². The molecule has 0 spiro atoms. The van der Waals surface area contributed by atoms with E-state index in [1.165, 1.54) is 0 Å². The van der Waals surface area contributed by atoms with Gasteiger partial charge in [-0.05, 0) is 48.7 Å². The monoisotopic (exact) mass is 376 g/mol. The fraction of sp³-hybridized carbons (Fsp3) is 0.304. The average Bonchev–Trinajstić information content (AvgIpc) is 2.74. The zero-order chi connectivity index (χ0) is 19.6. The minimum absolute atomic E-state index is 0.563. The van der Waals surface area contributed by atoms with Crippen molar-refractivity contribution in [2.75, 3.05) is 23.3 Å². The Morgan fingerprint density at radius 3 is 2.29 bits per heavy atom. The number of anilines is 3. The summed E-state index contributed by atoms with van der Waals surface area (Å²) < 4.78 is 5.84. The SMILES string of the molecule is CCCN(CCC)c1nccc(Nc2ccc(OCc3ccccc3)cc2)n1. The molecule has 0 aliphatic carbocycles. The van der Waals surface area contributed by atoms with E-state index >= 15 is 0 Å². The molecule has 0 unspecified atom stereocenters. The fourth-order valence-electron chi connectivity index (χ4n) is 2.95. The molecule has 1 heterocycles. The van der Waals surface area contributed by atoms with Crippen LogP contribution in [-0.2, 0) is 6.61 Å². The van der Waals surface area contributed by atoms with Crippen molar-refractivity contribution in [3.8, 4) is 5.75 Å². The van der Waals surface area contributed by atoms with Gasteiger partial charge in [0, 0.05) is 25.0 Å². The zero-order valence-corrected chi connectivity index (χ0v) is 16.6. The summed E-state index contributed by atoms with van der Waals surface area (Å²) >= 11 is 0. The van der Waals surface area contributed by atoms with Gasteiger partial charge in [-0.2, -0.15) is 4.98 Å². The Labute approximate surface area is 167 Å². The molecule has 28 heavy (non-hydrogen) atoms. The Bertz CT molecular complexity index is 831. The second-order valence-electron chi connectivity index (χ2n) is 6.65. The van der Waals surface area contributed by atoms with Gasteiger partial charge in [-0.3, -0.25) is 0 Å². The molecule has 0 aliphatic rings. The van der Waals surface area contributed by atoms with Crippen LogP contribution in [0.5, 0.6) is 5.75 Å². The van der Waals surface area contributed by atoms with E-state index in [0.717, 1.165) is 54.7 Å². The fourth-order valence-corrected chi connectivity index (χ4v) is 2.95. The van der Waals surface area contributed by atoms with Gasteiger partial charge in [0.1, 0.15) is 18.2 Å². The Balaban J connectivity index is 1.61. The van der Waals surface area contributed by atoms with Crippen molar-refractivity contribution in [3.63, 3.8) is 0 Å². The lowest BCUT2D eigenvalue weighted by Gasteiger charge is -2.21. The summed E-state index contributed by atoms with van der Waals surface area (Å²) in [6, 6.07) is 20.0. The molecule has 0 radical (unpaired) electrons. The highest BCUT2D eigenvalue weighted by Crippen LogP contribution is 2.21. The molecule has 3 aromatic rings. The van der Waals surface area contributed by atoms with Crippen LogP contribution in [0.25, 0.3) is 0 Å². The number of rotatable bonds is 10. The highest BCUT2D eigenvalue weighted by molar-refractivity contribution is 5.58. The summed E-state index contributed by atoms with van der Waals surface area (Å²) in [5.74, 6) is 2.41. The van der Waals surface area contributed by atoms with Gasteiger partial charge in [-0.1, -0.05) is 44.2 Å². The van der Waals surface area contributed by atoms with Crippen LogP contribution in [0.4, 0.5) is 17.5 Å². The lowest BCUT2D eigenvalue weighted by molar-refractivity contribution is 0.306. The molecule has 1 N–H and O–H groups in total. The van der Waals surface area contributed by atoms with Gasteiger partial charge in [0.05, 0.1) is 0 Å². The van der Waals surface area contributed by atoms with Crippen LogP contribution in [0.2, 0.25) is 0 Å². The normalized spacial score (nSPS) is 10.5. The molecule has 146 valence electrons. The van der Waals surface area contributed by atoms with Crippen LogP contribution in [0.15, 0.2) is 66.9 Å². The lowest BCUT2D eigenvalue weighted by atomic mass is 10.2. The third-order valence-corrected chi connectivity index (χ3v) is 4.29. The predicted octanol–water partition coefficient (Wildman–Crippen LogP) is 5.43. The first kappa shape index (κ1) is 19.7. The van der Waals surface area contributed by atoms with Crippen LogP contribution >= 0.6 is 0 Å². The first-order valence-corrected chi connectivity index (χ1v) is 9.90. The van der Waals surface area contributed by atoms with Gasteiger partial charge in [0.25, 0.3) is 0 Å². The number of nitrogens with one attached hydrogen (secondary N) is 1. The summed E-state index contributed by atoms with van der Waals surface area (Å²) in [5.41, 5.74) is 2.12. The highest BCUT2D eigenvalue weighted by Gasteiger charge is 2.08. The molecule has 5 heteroatoms. The van der Waals surface area contributed by atoms with Crippen LogP contribution < -0.4 is 15.0 Å². The van der Waals surface area contributed by atoms with Gasteiger partial charge in [0.2, 0.25) is 5.95 Å². The van der Waals surface area contributed by atoms with Crippen molar-refractivity contribution in [2.45, 2.75) is 33.3 Å². The molecule has 1 aromatic heterocycles. The van der Waals surface area contributed by atoms with E-state index in [1.807, 2.05) is 48.5 Å². The molecular formula is C23H28N4O. The van der Waals surface area contributed by atoms with E-state index in [-0.39, 0.29) is 0 Å². The molecule has 3 rings (SSSR count). The number of hydrogen-bond acceptors (Lipinski definition) is 5. The Hall–Kier alpha value is -3.08. The summed E-state index contributed by atoms with van der Waals surface area (Å²) in [4.78, 5) is 11.3. The maximum absolute atomic E-state index is 5.84. The van der Waals surface area contributed by atoms with Gasteiger partial charge in [-0.25, -0.2) is 4.98 Å². The Morgan fingerprint density at radius 1 is 0.893 bits per heavy atom. The van der Waals surface area contributed by atoms with Crippen molar-refractivity contribution >= 4 is 17.5 Å². The highest BCUT2D eigenvalue weighted by atomic mass is 16.5. The molecular weight excluding hydrogens is 348 g/mol. The third kappa shape index (κ3) is 5.71. The van der Waals surface area contributed by atoms with Crippen molar-refractivity contribution < 1.29 is 4.74 Å². The topological polar surface area (TPSA) is 50.3 Å². The van der Waals surface area contributed by atoms with Gasteiger partial charge in [-0.15, -0.1) is 0 Å². The van der Waals surface area contributed by atoms with Crippen molar-refractivity contribution in [1.29, 1.82) is 0 Å².